The highest BCUT2D eigenvalue weighted by Crippen LogP contribution is 2.10. The van der Waals surface area contributed by atoms with Gasteiger partial charge in [0.05, 0.1) is 12.2 Å². The van der Waals surface area contributed by atoms with Crippen LogP contribution in [0, 0.1) is 0 Å². The number of hydrogen-bond acceptors (Lipinski definition) is 2. The van der Waals surface area contributed by atoms with Crippen LogP contribution in [0.1, 0.15) is 26.3 Å². The zero-order valence-electron chi connectivity index (χ0n) is 10.4. The van der Waals surface area contributed by atoms with Crippen molar-refractivity contribution in [2.45, 2.75) is 33.0 Å². The van der Waals surface area contributed by atoms with E-state index < -0.39 is 0 Å². The Morgan fingerprint density at radius 2 is 1.53 bits per heavy atom. The van der Waals surface area contributed by atoms with E-state index in [2.05, 4.69) is 37.0 Å². The number of hydrogen-bond donors (Lipinski definition) is 0. The largest absolute Gasteiger partial charge is 0.471 e. The summed E-state index contributed by atoms with van der Waals surface area (Å²) in [4.78, 5) is 0. The second-order valence-corrected chi connectivity index (χ2v) is 7.56. The zero-order valence-corrected chi connectivity index (χ0v) is 14.4. The molecule has 2 nitrogen and oxygen atoms in total. The van der Waals surface area contributed by atoms with Crippen LogP contribution >= 0.6 is 0 Å². The lowest BCUT2D eigenvalue weighted by molar-refractivity contribution is -0.0149. The van der Waals surface area contributed by atoms with E-state index in [-0.39, 0.29) is 5.60 Å². The van der Waals surface area contributed by atoms with Gasteiger partial charge in [-0.2, -0.15) is 0 Å². The second-order valence-electron chi connectivity index (χ2n) is 4.29. The van der Waals surface area contributed by atoms with Crippen molar-refractivity contribution in [2.75, 3.05) is 0 Å². The molecule has 0 aromatic heterocycles. The quantitative estimate of drug-likeness (QED) is 0.706. The average Bonchev–Trinajstić information content (AvgIpc) is 2.17. The summed E-state index contributed by atoms with van der Waals surface area (Å²) in [6.07, 6.45) is 0. The van der Waals surface area contributed by atoms with Crippen LogP contribution in [-0.2, 0) is 15.5 Å². The fourth-order valence-electron chi connectivity index (χ4n) is 0.874. The molecule has 0 aliphatic heterocycles. The van der Waals surface area contributed by atoms with Crippen LogP contribution in [0.2, 0.25) is 0 Å². The number of rotatable bonds is 2. The fraction of sp³-hybridized carbons (Fsp3) is 0.455. The van der Waals surface area contributed by atoms with Crippen molar-refractivity contribution in [3.05, 3.63) is 35.9 Å². The van der Waals surface area contributed by atoms with Crippen LogP contribution in [0.15, 0.2) is 30.3 Å². The minimum absolute atomic E-state index is 0.0458. The first kappa shape index (κ1) is 14.6. The van der Waals surface area contributed by atoms with Crippen LogP contribution in [-0.4, -0.2) is 26.6 Å². The van der Waals surface area contributed by atoms with E-state index in [0.29, 0.717) is 6.61 Å². The van der Waals surface area contributed by atoms with Crippen molar-refractivity contribution in [3.8, 4) is 0 Å². The van der Waals surface area contributed by atoms with Gasteiger partial charge in [-0.05, 0) is 26.3 Å². The summed E-state index contributed by atoms with van der Waals surface area (Å²) in [5, 5.41) is 0. The molecule has 0 spiro atoms. The Bertz CT molecular complexity index is 245. The molecule has 0 heterocycles. The second kappa shape index (κ2) is 7.81. The first-order chi connectivity index (χ1) is 6.99. The van der Waals surface area contributed by atoms with Gasteiger partial charge < -0.3 is 8.85 Å². The molecule has 86 valence electrons. The third kappa shape index (κ3) is 9.87. The summed E-state index contributed by atoms with van der Waals surface area (Å²) in [5.41, 5.74) is 1.18. The molecule has 0 aliphatic carbocycles. The normalized spacial score (nSPS) is 10.9. The first-order valence-electron chi connectivity index (χ1n) is 5.07. The van der Waals surface area contributed by atoms with Crippen LogP contribution in [0.5, 0.6) is 0 Å². The third-order valence-corrected chi connectivity index (χ3v) is 1.51. The van der Waals surface area contributed by atoms with Crippen molar-refractivity contribution in [1.82, 2.24) is 0 Å². The SMILES string of the molecule is CC(C)(C)OCc1ccccc1.[SiH3]O[SiH3]. The molecule has 0 bridgehead atoms. The maximum Gasteiger partial charge on any atom is 0.129 e. The smallest absolute Gasteiger partial charge is 0.129 e. The van der Waals surface area contributed by atoms with Crippen molar-refractivity contribution in [3.63, 3.8) is 0 Å². The van der Waals surface area contributed by atoms with Gasteiger partial charge in [-0.3, -0.25) is 0 Å². The Kier molecular flexibility index (Phi) is 7.59. The summed E-state index contributed by atoms with van der Waals surface area (Å²) < 4.78 is 10.1. The Balaban J connectivity index is 0.000000583. The molecule has 1 aromatic carbocycles. The molecule has 15 heavy (non-hydrogen) atoms. The van der Waals surface area contributed by atoms with Crippen molar-refractivity contribution >= 4 is 21.0 Å². The summed E-state index contributed by atoms with van der Waals surface area (Å²) in [5.74, 6) is 0. The Labute approximate surface area is 99.1 Å². The molecule has 0 saturated heterocycles. The van der Waals surface area contributed by atoms with Crippen molar-refractivity contribution < 1.29 is 8.85 Å². The molecular formula is C11H22O2Si2. The van der Waals surface area contributed by atoms with E-state index in [0.717, 1.165) is 21.0 Å². The van der Waals surface area contributed by atoms with Gasteiger partial charge in [-0.1, -0.05) is 30.3 Å². The topological polar surface area (TPSA) is 18.5 Å². The summed E-state index contributed by atoms with van der Waals surface area (Å²) in [6, 6.07) is 10.2. The van der Waals surface area contributed by atoms with E-state index in [1.165, 1.54) is 5.56 Å². The van der Waals surface area contributed by atoms with Crippen LogP contribution < -0.4 is 0 Å². The lowest BCUT2D eigenvalue weighted by Crippen LogP contribution is -2.18. The minimum Gasteiger partial charge on any atom is -0.471 e. The molecule has 0 aliphatic rings. The lowest BCUT2D eigenvalue weighted by Gasteiger charge is -2.19. The predicted molar refractivity (Wildman–Crippen MR) is 71.9 cm³/mol. The van der Waals surface area contributed by atoms with E-state index in [1.54, 1.807) is 0 Å². The average molecular weight is 242 g/mol. The van der Waals surface area contributed by atoms with Gasteiger partial charge in [-0.25, -0.2) is 0 Å². The third-order valence-electron chi connectivity index (χ3n) is 1.51. The van der Waals surface area contributed by atoms with Crippen LogP contribution in [0.3, 0.4) is 0 Å². The highest BCUT2D eigenvalue weighted by Gasteiger charge is 2.09. The van der Waals surface area contributed by atoms with Gasteiger partial charge in [0.2, 0.25) is 0 Å². The van der Waals surface area contributed by atoms with E-state index >= 15 is 0 Å². The number of benzene rings is 1. The molecule has 0 radical (unpaired) electrons. The van der Waals surface area contributed by atoms with Crippen LogP contribution in [0.25, 0.3) is 0 Å². The van der Waals surface area contributed by atoms with Crippen LogP contribution in [0.4, 0.5) is 0 Å². The van der Waals surface area contributed by atoms with Gasteiger partial charge in [0.25, 0.3) is 0 Å². The fourth-order valence-corrected chi connectivity index (χ4v) is 0.874. The van der Waals surface area contributed by atoms with Gasteiger partial charge in [0.15, 0.2) is 0 Å². The van der Waals surface area contributed by atoms with E-state index in [4.69, 9.17) is 4.74 Å². The summed E-state index contributed by atoms with van der Waals surface area (Å²) in [7, 11) is 1.86. The lowest BCUT2D eigenvalue weighted by atomic mass is 10.2. The molecule has 0 fully saturated rings. The van der Waals surface area contributed by atoms with Gasteiger partial charge >= 0.3 is 0 Å². The maximum atomic E-state index is 5.62. The highest BCUT2D eigenvalue weighted by molar-refractivity contribution is 6.15. The van der Waals surface area contributed by atoms with Gasteiger partial charge in [-0.15, -0.1) is 0 Å². The molecule has 4 heteroatoms. The minimum atomic E-state index is -0.0458. The molecule has 0 amide bonds. The molecule has 0 saturated carbocycles. The molecular weight excluding hydrogens is 220 g/mol. The molecule has 1 aromatic rings. The van der Waals surface area contributed by atoms with Gasteiger partial charge in [0.1, 0.15) is 21.0 Å². The Hall–Kier alpha value is -0.426. The Morgan fingerprint density at radius 3 is 1.93 bits per heavy atom. The monoisotopic (exact) mass is 242 g/mol. The molecule has 0 atom stereocenters. The van der Waals surface area contributed by atoms with E-state index in [9.17, 15) is 0 Å². The maximum absolute atomic E-state index is 5.62. The summed E-state index contributed by atoms with van der Waals surface area (Å²) in [6.45, 7) is 6.90. The Morgan fingerprint density at radius 1 is 1.07 bits per heavy atom. The molecule has 1 rings (SSSR count). The number of ether oxygens (including phenoxy) is 1. The van der Waals surface area contributed by atoms with Gasteiger partial charge in [0, 0.05) is 0 Å². The summed E-state index contributed by atoms with van der Waals surface area (Å²) >= 11 is 0. The zero-order chi connectivity index (χ0) is 11.7. The molecule has 0 N–H and O–H groups in total. The van der Waals surface area contributed by atoms with Crippen molar-refractivity contribution in [1.29, 1.82) is 0 Å². The van der Waals surface area contributed by atoms with Crippen molar-refractivity contribution in [2.24, 2.45) is 0 Å². The standard InChI is InChI=1S/C11H16O.H6OSi2/c1-11(2,3)12-9-10-7-5-4-6-8-10;2-1-3/h4-8H,9H2,1-3H3;2-3H3. The predicted octanol–water partition coefficient (Wildman–Crippen LogP) is 0.566. The van der Waals surface area contributed by atoms with E-state index in [1.807, 2.05) is 18.2 Å². The first-order valence-corrected chi connectivity index (χ1v) is 6.71. The molecule has 0 unspecified atom stereocenters. The highest BCUT2D eigenvalue weighted by atomic mass is 28.3.